The van der Waals surface area contributed by atoms with Crippen LogP contribution in [0.2, 0.25) is 0 Å². The van der Waals surface area contributed by atoms with E-state index in [-0.39, 0.29) is 35.7 Å². The van der Waals surface area contributed by atoms with Crippen LogP contribution in [0.5, 0.6) is 5.75 Å². The summed E-state index contributed by atoms with van der Waals surface area (Å²) in [6.07, 6.45) is -0.927. The number of benzene rings is 1. The maximum Gasteiger partial charge on any atom is 0.573 e. The third kappa shape index (κ3) is 6.53. The lowest BCUT2D eigenvalue weighted by Crippen LogP contribution is -2.25. The quantitative estimate of drug-likeness (QED) is 0.394. The molecule has 1 heterocycles. The van der Waals surface area contributed by atoms with E-state index in [9.17, 15) is 13.2 Å². The largest absolute Gasteiger partial charge is 0.573 e. The van der Waals surface area contributed by atoms with Crippen molar-refractivity contribution in [3.05, 3.63) is 24.3 Å². The number of aliphatic imine (C=N–C) groups is 1. The van der Waals surface area contributed by atoms with Gasteiger partial charge in [-0.25, -0.2) is 0 Å². The van der Waals surface area contributed by atoms with Crippen molar-refractivity contribution >= 4 is 35.6 Å². The van der Waals surface area contributed by atoms with Gasteiger partial charge in [0.25, 0.3) is 0 Å². The van der Waals surface area contributed by atoms with E-state index in [4.69, 9.17) is 5.73 Å². The molecule has 1 aromatic rings. The van der Waals surface area contributed by atoms with Gasteiger partial charge in [-0.15, -0.1) is 37.1 Å². The molecule has 1 aliphatic heterocycles. The Morgan fingerprint density at radius 2 is 1.92 bits per heavy atom. The molecule has 2 aliphatic rings. The maximum atomic E-state index is 12.1. The number of anilines is 1. The first-order chi connectivity index (χ1) is 11.4. The van der Waals surface area contributed by atoms with Crippen molar-refractivity contribution in [3.8, 4) is 5.75 Å². The van der Waals surface area contributed by atoms with Gasteiger partial charge in [0.05, 0.1) is 0 Å². The first-order valence-corrected chi connectivity index (χ1v) is 8.06. The maximum absolute atomic E-state index is 12.1. The average Bonchev–Trinajstić information content (AvgIpc) is 3.25. The van der Waals surface area contributed by atoms with Crippen molar-refractivity contribution in [2.24, 2.45) is 16.6 Å². The molecule has 1 unspecified atom stereocenters. The molecule has 0 aromatic heterocycles. The Balaban J connectivity index is 0.00000225. The molecule has 0 radical (unpaired) electrons. The van der Waals surface area contributed by atoms with Crippen molar-refractivity contribution in [2.45, 2.75) is 31.7 Å². The van der Waals surface area contributed by atoms with Crippen LogP contribution in [0.1, 0.15) is 19.3 Å². The van der Waals surface area contributed by atoms with Crippen LogP contribution in [0, 0.1) is 5.92 Å². The molecule has 0 bridgehead atoms. The smallest absolute Gasteiger partial charge is 0.406 e. The first kappa shape index (κ1) is 20.1. The molecule has 1 saturated carbocycles. The SMILES string of the molecule is I.NC(=NCC1CCN(C2CC2)C1)Nc1ccc(OC(F)(F)F)cc1. The molecular formula is C16H22F3IN4O. The van der Waals surface area contributed by atoms with Gasteiger partial charge >= 0.3 is 6.36 Å². The van der Waals surface area contributed by atoms with Crippen molar-refractivity contribution in [1.82, 2.24) is 4.90 Å². The topological polar surface area (TPSA) is 62.9 Å². The third-order valence-corrected chi connectivity index (χ3v) is 4.26. The minimum absolute atomic E-state index is 0. The van der Waals surface area contributed by atoms with Crippen LogP contribution >= 0.6 is 24.0 Å². The second-order valence-corrected chi connectivity index (χ2v) is 6.30. The standard InChI is InChI=1S/C16H21F3N4O.HI/c17-16(18,19)24-14-5-1-12(2-6-14)22-15(20)21-9-11-7-8-23(10-11)13-3-4-13;/h1-2,5-6,11,13H,3-4,7-10H2,(H3,20,21,22);1H. The Labute approximate surface area is 161 Å². The Hall–Kier alpha value is -1.23. The normalized spacial score (nSPS) is 21.7. The third-order valence-electron chi connectivity index (χ3n) is 4.26. The Bertz CT molecular complexity index is 590. The predicted molar refractivity (Wildman–Crippen MR) is 101 cm³/mol. The highest BCUT2D eigenvalue weighted by Crippen LogP contribution is 2.31. The molecule has 5 nitrogen and oxygen atoms in total. The number of rotatable bonds is 5. The fourth-order valence-electron chi connectivity index (χ4n) is 2.94. The summed E-state index contributed by atoms with van der Waals surface area (Å²) in [5, 5.41) is 2.88. The zero-order valence-corrected chi connectivity index (χ0v) is 16.0. The van der Waals surface area contributed by atoms with Gasteiger partial charge in [0.15, 0.2) is 5.96 Å². The van der Waals surface area contributed by atoms with Gasteiger partial charge in [-0.2, -0.15) is 0 Å². The summed E-state index contributed by atoms with van der Waals surface area (Å²) in [7, 11) is 0. The predicted octanol–water partition coefficient (Wildman–Crippen LogP) is 3.41. The number of nitrogens with two attached hydrogens (primary N) is 1. The summed E-state index contributed by atoms with van der Waals surface area (Å²) in [4.78, 5) is 6.86. The van der Waals surface area contributed by atoms with Gasteiger partial charge in [-0.1, -0.05) is 0 Å². The minimum Gasteiger partial charge on any atom is -0.406 e. The molecule has 25 heavy (non-hydrogen) atoms. The zero-order valence-electron chi connectivity index (χ0n) is 13.6. The van der Waals surface area contributed by atoms with Crippen molar-refractivity contribution in [1.29, 1.82) is 0 Å². The van der Waals surface area contributed by atoms with Gasteiger partial charge in [0, 0.05) is 24.8 Å². The fraction of sp³-hybridized carbons (Fsp3) is 0.562. The van der Waals surface area contributed by atoms with E-state index in [1.54, 1.807) is 0 Å². The summed E-state index contributed by atoms with van der Waals surface area (Å²) >= 11 is 0. The van der Waals surface area contributed by atoms with Gasteiger partial charge in [0.1, 0.15) is 5.75 Å². The fourth-order valence-corrected chi connectivity index (χ4v) is 2.94. The summed E-state index contributed by atoms with van der Waals surface area (Å²) < 4.78 is 40.1. The summed E-state index contributed by atoms with van der Waals surface area (Å²) in [5.74, 6) is 0.521. The number of halogens is 4. The number of alkyl halides is 3. The first-order valence-electron chi connectivity index (χ1n) is 8.06. The van der Waals surface area contributed by atoms with Crippen molar-refractivity contribution in [2.75, 3.05) is 25.0 Å². The lowest BCUT2D eigenvalue weighted by Gasteiger charge is -2.14. The van der Waals surface area contributed by atoms with E-state index in [1.807, 2.05) is 0 Å². The van der Waals surface area contributed by atoms with Crippen LogP contribution in [0.4, 0.5) is 18.9 Å². The van der Waals surface area contributed by atoms with Crippen LogP contribution in [-0.2, 0) is 0 Å². The molecule has 1 atom stereocenters. The average molecular weight is 470 g/mol. The highest BCUT2D eigenvalue weighted by molar-refractivity contribution is 14.0. The Kier molecular flexibility index (Phi) is 6.78. The van der Waals surface area contributed by atoms with Crippen LogP contribution in [-0.4, -0.2) is 42.9 Å². The number of ether oxygens (including phenoxy) is 1. The summed E-state index contributed by atoms with van der Waals surface area (Å²) in [5.41, 5.74) is 6.41. The molecule has 140 valence electrons. The van der Waals surface area contributed by atoms with Crippen LogP contribution < -0.4 is 15.8 Å². The minimum atomic E-state index is -4.69. The van der Waals surface area contributed by atoms with E-state index >= 15 is 0 Å². The monoisotopic (exact) mass is 470 g/mol. The number of hydrogen-bond donors (Lipinski definition) is 2. The highest BCUT2D eigenvalue weighted by atomic mass is 127. The van der Waals surface area contributed by atoms with Gasteiger partial charge < -0.3 is 20.7 Å². The van der Waals surface area contributed by atoms with Crippen LogP contribution in [0.15, 0.2) is 29.3 Å². The van der Waals surface area contributed by atoms with Gasteiger partial charge in [-0.05, 0) is 56.0 Å². The second-order valence-electron chi connectivity index (χ2n) is 6.30. The van der Waals surface area contributed by atoms with Crippen molar-refractivity contribution in [3.63, 3.8) is 0 Å². The van der Waals surface area contributed by atoms with Crippen LogP contribution in [0.3, 0.4) is 0 Å². The van der Waals surface area contributed by atoms with E-state index in [1.165, 1.54) is 37.1 Å². The number of guanidine groups is 1. The van der Waals surface area contributed by atoms with Gasteiger partial charge in [-0.3, -0.25) is 4.99 Å². The molecule has 1 saturated heterocycles. The molecule has 0 spiro atoms. The number of nitrogens with zero attached hydrogens (tertiary/aromatic N) is 2. The van der Waals surface area contributed by atoms with Crippen molar-refractivity contribution < 1.29 is 17.9 Å². The summed E-state index contributed by atoms with van der Waals surface area (Å²) in [6, 6.07) is 6.18. The number of nitrogens with one attached hydrogen (secondary N) is 1. The van der Waals surface area contributed by atoms with E-state index in [2.05, 4.69) is 19.9 Å². The lowest BCUT2D eigenvalue weighted by atomic mass is 10.1. The lowest BCUT2D eigenvalue weighted by molar-refractivity contribution is -0.274. The molecule has 0 amide bonds. The van der Waals surface area contributed by atoms with E-state index in [0.29, 0.717) is 18.2 Å². The molecule has 3 rings (SSSR count). The van der Waals surface area contributed by atoms with E-state index in [0.717, 1.165) is 25.6 Å². The molecule has 2 fully saturated rings. The molecule has 1 aliphatic carbocycles. The molecule has 1 aromatic carbocycles. The van der Waals surface area contributed by atoms with Gasteiger partial charge in [0.2, 0.25) is 0 Å². The molecular weight excluding hydrogens is 448 g/mol. The van der Waals surface area contributed by atoms with Crippen LogP contribution in [0.25, 0.3) is 0 Å². The second kappa shape index (κ2) is 8.43. The zero-order chi connectivity index (χ0) is 17.2. The number of hydrogen-bond acceptors (Lipinski definition) is 3. The Morgan fingerprint density at radius 1 is 1.24 bits per heavy atom. The Morgan fingerprint density at radius 3 is 2.52 bits per heavy atom. The number of likely N-dealkylation sites (tertiary alicyclic amines) is 1. The molecule has 9 heteroatoms. The highest BCUT2D eigenvalue weighted by Gasteiger charge is 2.34. The summed E-state index contributed by atoms with van der Waals surface area (Å²) in [6.45, 7) is 2.88. The van der Waals surface area contributed by atoms with E-state index < -0.39 is 6.36 Å². The molecule has 3 N–H and O–H groups in total.